The Kier molecular flexibility index (Phi) is 1.56. The summed E-state index contributed by atoms with van der Waals surface area (Å²) in [6, 6.07) is 10.6. The van der Waals surface area contributed by atoms with Crippen molar-refractivity contribution in [3.8, 4) is 0 Å². The molecule has 0 fully saturated rings. The van der Waals surface area contributed by atoms with Crippen LogP contribution < -0.4 is 0 Å². The second kappa shape index (κ2) is 2.70. The van der Waals surface area contributed by atoms with Crippen molar-refractivity contribution in [3.63, 3.8) is 0 Å². The highest BCUT2D eigenvalue weighted by Gasteiger charge is 2.05. The summed E-state index contributed by atoms with van der Waals surface area (Å²) in [4.78, 5) is 4.01. The predicted molar refractivity (Wildman–Crippen MR) is 47.8 cm³/mol. The number of rotatable bonds is 2. The molecule has 1 heterocycles. The Morgan fingerprint density at radius 3 is 2.55 bits per heavy atom. The van der Waals surface area contributed by atoms with Gasteiger partial charge < -0.3 is 0 Å². The lowest BCUT2D eigenvalue weighted by atomic mass is 10.2. The summed E-state index contributed by atoms with van der Waals surface area (Å²) in [5.41, 5.74) is 1.24. The van der Waals surface area contributed by atoms with Crippen LogP contribution in [0.1, 0.15) is 5.56 Å². The van der Waals surface area contributed by atoms with Gasteiger partial charge in [-0.15, -0.1) is 0 Å². The van der Waals surface area contributed by atoms with Gasteiger partial charge in [0, 0.05) is 6.21 Å². The van der Waals surface area contributed by atoms with Crippen molar-refractivity contribution in [1.82, 2.24) is 0 Å². The lowest BCUT2D eigenvalue weighted by molar-refractivity contribution is 1.30. The lowest BCUT2D eigenvalue weighted by Gasteiger charge is -1.88. The van der Waals surface area contributed by atoms with E-state index in [9.17, 15) is 0 Å². The fourth-order valence-corrected chi connectivity index (χ4v) is 0.923. The first-order valence-corrected chi connectivity index (χ1v) is 3.72. The molecule has 1 unspecified atom stereocenters. The SMILES string of the molecule is C(=CC1C=N1)c1ccccc1. The number of hydrogen-bond donors (Lipinski definition) is 0. The van der Waals surface area contributed by atoms with Crippen molar-refractivity contribution in [1.29, 1.82) is 0 Å². The standard InChI is InChI=1S/C10H9N/c1-2-4-9(5-3-1)6-7-10-8-11-10/h1-8,10H. The normalized spacial score (nSPS) is 20.9. The van der Waals surface area contributed by atoms with Crippen molar-refractivity contribution in [3.05, 3.63) is 42.0 Å². The van der Waals surface area contributed by atoms with Crippen LogP contribution in [-0.4, -0.2) is 12.3 Å². The zero-order valence-corrected chi connectivity index (χ0v) is 6.14. The highest BCUT2D eigenvalue weighted by Crippen LogP contribution is 2.07. The van der Waals surface area contributed by atoms with E-state index < -0.39 is 0 Å². The molecule has 1 heteroatoms. The molecule has 1 aromatic rings. The molecule has 0 saturated carbocycles. The van der Waals surface area contributed by atoms with Gasteiger partial charge in [0.1, 0.15) is 6.04 Å². The van der Waals surface area contributed by atoms with Crippen molar-refractivity contribution >= 4 is 12.3 Å². The third-order valence-corrected chi connectivity index (χ3v) is 1.61. The fourth-order valence-electron chi connectivity index (χ4n) is 0.923. The predicted octanol–water partition coefficient (Wildman–Crippen LogP) is 2.15. The molecule has 1 nitrogen and oxygen atoms in total. The first kappa shape index (κ1) is 6.35. The molecule has 0 saturated heterocycles. The van der Waals surface area contributed by atoms with E-state index in [2.05, 4.69) is 29.3 Å². The van der Waals surface area contributed by atoms with E-state index in [1.807, 2.05) is 24.4 Å². The summed E-state index contributed by atoms with van der Waals surface area (Å²) in [6.07, 6.45) is 6.12. The minimum absolute atomic E-state index is 0.384. The largest absolute Gasteiger partial charge is 0.282 e. The van der Waals surface area contributed by atoms with Gasteiger partial charge in [0.05, 0.1) is 0 Å². The zero-order chi connectivity index (χ0) is 7.52. The van der Waals surface area contributed by atoms with Gasteiger partial charge in [0.2, 0.25) is 0 Å². The molecule has 0 aromatic heterocycles. The summed E-state index contributed by atoms with van der Waals surface area (Å²) in [7, 11) is 0. The molecular formula is C10H9N. The van der Waals surface area contributed by atoms with Crippen LogP contribution in [0, 0.1) is 0 Å². The summed E-state index contributed by atoms with van der Waals surface area (Å²) >= 11 is 0. The second-order valence-electron chi connectivity index (χ2n) is 2.56. The first-order chi connectivity index (χ1) is 5.45. The van der Waals surface area contributed by atoms with E-state index in [-0.39, 0.29) is 0 Å². The highest BCUT2D eigenvalue weighted by molar-refractivity contribution is 5.82. The van der Waals surface area contributed by atoms with Crippen molar-refractivity contribution in [2.24, 2.45) is 4.99 Å². The Labute approximate surface area is 66.1 Å². The molecule has 0 aliphatic carbocycles. The van der Waals surface area contributed by atoms with Gasteiger partial charge in [-0.3, -0.25) is 4.99 Å². The Hall–Kier alpha value is -1.37. The third kappa shape index (κ3) is 1.77. The number of nitrogens with zero attached hydrogens (tertiary/aromatic N) is 1. The fraction of sp³-hybridized carbons (Fsp3) is 0.100. The second-order valence-corrected chi connectivity index (χ2v) is 2.56. The van der Waals surface area contributed by atoms with E-state index in [0.717, 1.165) is 0 Å². The minimum Gasteiger partial charge on any atom is -0.282 e. The first-order valence-electron chi connectivity index (χ1n) is 3.72. The van der Waals surface area contributed by atoms with Crippen LogP contribution in [0.25, 0.3) is 6.08 Å². The summed E-state index contributed by atoms with van der Waals surface area (Å²) in [6.45, 7) is 0. The average Bonchev–Trinajstić information content (AvgIpc) is 2.86. The van der Waals surface area contributed by atoms with E-state index >= 15 is 0 Å². The number of hydrogen-bond acceptors (Lipinski definition) is 1. The van der Waals surface area contributed by atoms with Crippen LogP contribution in [0.4, 0.5) is 0 Å². The third-order valence-electron chi connectivity index (χ3n) is 1.61. The molecular weight excluding hydrogens is 134 g/mol. The smallest absolute Gasteiger partial charge is 0.103 e. The molecule has 0 spiro atoms. The van der Waals surface area contributed by atoms with Crippen LogP contribution in [0.15, 0.2) is 41.4 Å². The van der Waals surface area contributed by atoms with E-state index in [1.165, 1.54) is 5.56 Å². The summed E-state index contributed by atoms with van der Waals surface area (Å²) < 4.78 is 0. The van der Waals surface area contributed by atoms with E-state index in [0.29, 0.717) is 6.04 Å². The molecule has 1 aliphatic rings. The average molecular weight is 143 g/mol. The van der Waals surface area contributed by atoms with Gasteiger partial charge in [-0.05, 0) is 5.56 Å². The molecule has 0 radical (unpaired) electrons. The van der Waals surface area contributed by atoms with Gasteiger partial charge in [-0.2, -0.15) is 0 Å². The molecule has 0 N–H and O–H groups in total. The lowest BCUT2D eigenvalue weighted by Crippen LogP contribution is -1.76. The Balaban J connectivity index is 2.05. The van der Waals surface area contributed by atoms with Crippen molar-refractivity contribution < 1.29 is 0 Å². The van der Waals surface area contributed by atoms with Gasteiger partial charge in [0.25, 0.3) is 0 Å². The molecule has 11 heavy (non-hydrogen) atoms. The van der Waals surface area contributed by atoms with Crippen LogP contribution >= 0.6 is 0 Å². The molecule has 1 aromatic carbocycles. The molecule has 54 valence electrons. The van der Waals surface area contributed by atoms with Gasteiger partial charge in [-0.1, -0.05) is 42.5 Å². The van der Waals surface area contributed by atoms with Crippen LogP contribution in [0.2, 0.25) is 0 Å². The maximum Gasteiger partial charge on any atom is 0.103 e. The minimum atomic E-state index is 0.384. The van der Waals surface area contributed by atoms with Crippen LogP contribution in [0.5, 0.6) is 0 Å². The summed E-state index contributed by atoms with van der Waals surface area (Å²) in [5, 5.41) is 0. The van der Waals surface area contributed by atoms with Crippen molar-refractivity contribution in [2.45, 2.75) is 6.04 Å². The van der Waals surface area contributed by atoms with Gasteiger partial charge >= 0.3 is 0 Å². The molecule has 0 amide bonds. The highest BCUT2D eigenvalue weighted by atomic mass is 14.9. The zero-order valence-electron chi connectivity index (χ0n) is 6.14. The van der Waals surface area contributed by atoms with E-state index in [4.69, 9.17) is 0 Å². The number of aliphatic imine (C=N–C) groups is 1. The number of benzene rings is 1. The molecule has 2 rings (SSSR count). The molecule has 1 atom stereocenters. The van der Waals surface area contributed by atoms with Crippen molar-refractivity contribution in [2.75, 3.05) is 0 Å². The van der Waals surface area contributed by atoms with Gasteiger partial charge in [-0.25, -0.2) is 0 Å². The van der Waals surface area contributed by atoms with Crippen LogP contribution in [0.3, 0.4) is 0 Å². The monoisotopic (exact) mass is 143 g/mol. The quantitative estimate of drug-likeness (QED) is 0.601. The Bertz CT molecular complexity index is 279. The molecule has 0 bridgehead atoms. The Morgan fingerprint density at radius 2 is 1.91 bits per heavy atom. The maximum atomic E-state index is 4.01. The Morgan fingerprint density at radius 1 is 1.18 bits per heavy atom. The van der Waals surface area contributed by atoms with E-state index in [1.54, 1.807) is 0 Å². The molecule has 1 aliphatic heterocycles. The maximum absolute atomic E-state index is 4.01. The van der Waals surface area contributed by atoms with Gasteiger partial charge in [0.15, 0.2) is 0 Å². The van der Waals surface area contributed by atoms with Crippen LogP contribution in [-0.2, 0) is 0 Å². The summed E-state index contributed by atoms with van der Waals surface area (Å²) in [5.74, 6) is 0. The topological polar surface area (TPSA) is 12.4 Å².